The average molecular weight is 384 g/mol. The monoisotopic (exact) mass is 383 g/mol. The van der Waals surface area contributed by atoms with Crippen LogP contribution < -0.4 is 10.1 Å². The molecule has 1 aromatic carbocycles. The lowest BCUT2D eigenvalue weighted by atomic mass is 10.2. The molecule has 7 heteroatoms. The summed E-state index contributed by atoms with van der Waals surface area (Å²) in [6.07, 6.45) is 1.65. The van der Waals surface area contributed by atoms with Crippen molar-refractivity contribution in [3.63, 3.8) is 0 Å². The van der Waals surface area contributed by atoms with Gasteiger partial charge in [0, 0.05) is 17.0 Å². The number of carbonyl (C=O) groups excluding carboxylic acids is 1. The number of benzene rings is 1. The summed E-state index contributed by atoms with van der Waals surface area (Å²) in [6, 6.07) is 11.2. The predicted octanol–water partition coefficient (Wildman–Crippen LogP) is 5.07. The highest BCUT2D eigenvalue weighted by molar-refractivity contribution is 7.20. The van der Waals surface area contributed by atoms with E-state index in [1.54, 1.807) is 13.3 Å². The van der Waals surface area contributed by atoms with Crippen molar-refractivity contribution in [2.24, 2.45) is 0 Å². The van der Waals surface area contributed by atoms with Crippen molar-refractivity contribution in [2.45, 2.75) is 6.92 Å². The third kappa shape index (κ3) is 2.87. The number of hydrogen-bond donors (Lipinski definition) is 1. The first-order valence-corrected chi connectivity index (χ1v) is 9.06. The molecule has 4 rings (SSSR count). The zero-order chi connectivity index (χ0) is 18.3. The van der Waals surface area contributed by atoms with Gasteiger partial charge in [0.2, 0.25) is 0 Å². The average Bonchev–Trinajstić information content (AvgIpc) is 3.06. The molecule has 0 atom stereocenters. The standard InChI is InChI=1S/C19H14ClN3O2S/c1-10-4-3-7-21-17(10)23-18(24)14-9-12-8-11-5-6-13(25-2)15(20)16(11)22-19(12)26-14/h3-9H,1-2H3,(H,21,23,24). The van der Waals surface area contributed by atoms with Gasteiger partial charge in [-0.05, 0) is 42.8 Å². The molecule has 0 radical (unpaired) electrons. The van der Waals surface area contributed by atoms with Gasteiger partial charge in [-0.25, -0.2) is 9.97 Å². The Kier molecular flexibility index (Phi) is 4.22. The number of ether oxygens (including phenoxy) is 1. The third-order valence-corrected chi connectivity index (χ3v) is 5.47. The number of aromatic nitrogens is 2. The van der Waals surface area contributed by atoms with Crippen LogP contribution in [-0.2, 0) is 0 Å². The number of halogens is 1. The largest absolute Gasteiger partial charge is 0.495 e. The minimum absolute atomic E-state index is 0.206. The van der Waals surface area contributed by atoms with Gasteiger partial charge < -0.3 is 10.1 Å². The molecule has 0 saturated heterocycles. The van der Waals surface area contributed by atoms with Crippen molar-refractivity contribution in [1.29, 1.82) is 0 Å². The molecule has 5 nitrogen and oxygen atoms in total. The predicted molar refractivity (Wildman–Crippen MR) is 106 cm³/mol. The van der Waals surface area contributed by atoms with Crippen LogP contribution in [0.3, 0.4) is 0 Å². The number of anilines is 1. The highest BCUT2D eigenvalue weighted by atomic mass is 35.5. The van der Waals surface area contributed by atoms with E-state index < -0.39 is 0 Å². The Hall–Kier alpha value is -2.70. The number of thiophene rings is 1. The summed E-state index contributed by atoms with van der Waals surface area (Å²) in [5.41, 5.74) is 1.57. The maximum absolute atomic E-state index is 12.6. The first-order valence-electron chi connectivity index (χ1n) is 7.86. The summed E-state index contributed by atoms with van der Waals surface area (Å²) >= 11 is 7.68. The molecular weight excluding hydrogens is 370 g/mol. The minimum Gasteiger partial charge on any atom is -0.495 e. The molecule has 0 unspecified atom stereocenters. The van der Waals surface area contributed by atoms with E-state index in [9.17, 15) is 4.79 Å². The van der Waals surface area contributed by atoms with E-state index in [0.717, 1.165) is 21.2 Å². The van der Waals surface area contributed by atoms with Crippen LogP contribution in [0, 0.1) is 6.92 Å². The number of nitrogens with one attached hydrogen (secondary N) is 1. The summed E-state index contributed by atoms with van der Waals surface area (Å²) in [5.74, 6) is 0.926. The normalized spacial score (nSPS) is 11.0. The van der Waals surface area contributed by atoms with E-state index in [4.69, 9.17) is 16.3 Å². The van der Waals surface area contributed by atoms with E-state index in [2.05, 4.69) is 15.3 Å². The van der Waals surface area contributed by atoms with Crippen LogP contribution in [0.25, 0.3) is 21.1 Å². The molecule has 1 amide bonds. The molecule has 3 aromatic heterocycles. The topological polar surface area (TPSA) is 64.1 Å². The number of hydrogen-bond acceptors (Lipinski definition) is 5. The summed E-state index contributed by atoms with van der Waals surface area (Å²) < 4.78 is 5.25. The van der Waals surface area contributed by atoms with Crippen LogP contribution in [-0.4, -0.2) is 23.0 Å². The Morgan fingerprint density at radius 1 is 1.23 bits per heavy atom. The number of carbonyl (C=O) groups is 1. The number of fused-ring (bicyclic) bond motifs is 2. The lowest BCUT2D eigenvalue weighted by Gasteiger charge is -2.05. The first-order chi connectivity index (χ1) is 12.6. The number of rotatable bonds is 3. The van der Waals surface area contributed by atoms with E-state index in [0.29, 0.717) is 27.0 Å². The van der Waals surface area contributed by atoms with Crippen molar-refractivity contribution in [3.8, 4) is 5.75 Å². The molecule has 0 aliphatic carbocycles. The van der Waals surface area contributed by atoms with Gasteiger partial charge >= 0.3 is 0 Å². The zero-order valence-corrected chi connectivity index (χ0v) is 15.6. The lowest BCUT2D eigenvalue weighted by molar-refractivity contribution is 0.103. The Morgan fingerprint density at radius 2 is 2.08 bits per heavy atom. The molecule has 0 aliphatic heterocycles. The molecule has 4 aromatic rings. The second kappa shape index (κ2) is 6.55. The molecule has 1 N–H and O–H groups in total. The number of methoxy groups -OCH3 is 1. The van der Waals surface area contributed by atoms with E-state index in [1.807, 2.05) is 43.3 Å². The van der Waals surface area contributed by atoms with Gasteiger partial charge in [0.05, 0.1) is 17.5 Å². The van der Waals surface area contributed by atoms with Gasteiger partial charge in [0.1, 0.15) is 21.4 Å². The van der Waals surface area contributed by atoms with Crippen molar-refractivity contribution < 1.29 is 9.53 Å². The molecular formula is C19H14ClN3O2S. The fourth-order valence-electron chi connectivity index (χ4n) is 2.70. The van der Waals surface area contributed by atoms with Gasteiger partial charge in [-0.3, -0.25) is 4.79 Å². The molecule has 3 heterocycles. The lowest BCUT2D eigenvalue weighted by Crippen LogP contribution is -2.12. The molecule has 0 bridgehead atoms. The van der Waals surface area contributed by atoms with Crippen molar-refractivity contribution in [2.75, 3.05) is 12.4 Å². The summed E-state index contributed by atoms with van der Waals surface area (Å²) in [6.45, 7) is 1.90. The Morgan fingerprint density at radius 3 is 2.85 bits per heavy atom. The molecule has 0 spiro atoms. The molecule has 26 heavy (non-hydrogen) atoms. The van der Waals surface area contributed by atoms with E-state index in [1.165, 1.54) is 11.3 Å². The maximum Gasteiger partial charge on any atom is 0.266 e. The number of pyridine rings is 2. The molecule has 0 aliphatic rings. The summed E-state index contributed by atoms with van der Waals surface area (Å²) in [4.78, 5) is 22.7. The van der Waals surface area contributed by atoms with Gasteiger partial charge in [-0.2, -0.15) is 0 Å². The van der Waals surface area contributed by atoms with Gasteiger partial charge in [-0.1, -0.05) is 17.7 Å². The molecule has 0 fully saturated rings. The van der Waals surface area contributed by atoms with Gasteiger partial charge in [-0.15, -0.1) is 11.3 Å². The highest BCUT2D eigenvalue weighted by Crippen LogP contribution is 2.35. The van der Waals surface area contributed by atoms with E-state index >= 15 is 0 Å². The Bertz CT molecular complexity index is 1160. The van der Waals surface area contributed by atoms with Crippen LogP contribution in [0.5, 0.6) is 5.75 Å². The van der Waals surface area contributed by atoms with Gasteiger partial charge in [0.25, 0.3) is 5.91 Å². The maximum atomic E-state index is 12.6. The number of nitrogens with zero attached hydrogens (tertiary/aromatic N) is 2. The number of amides is 1. The second-order valence-corrected chi connectivity index (χ2v) is 7.18. The van der Waals surface area contributed by atoms with Crippen LogP contribution in [0.15, 0.2) is 42.6 Å². The summed E-state index contributed by atoms with van der Waals surface area (Å²) in [5, 5.41) is 5.11. The molecule has 0 saturated carbocycles. The minimum atomic E-state index is -0.206. The van der Waals surface area contributed by atoms with Crippen LogP contribution in [0.4, 0.5) is 5.82 Å². The fraction of sp³-hybridized carbons (Fsp3) is 0.105. The fourth-order valence-corrected chi connectivity index (χ4v) is 3.90. The summed E-state index contributed by atoms with van der Waals surface area (Å²) in [7, 11) is 1.57. The SMILES string of the molecule is COc1ccc2cc3cc(C(=O)Nc4ncccc4C)sc3nc2c1Cl. The quantitative estimate of drug-likeness (QED) is 0.536. The van der Waals surface area contributed by atoms with Crippen molar-refractivity contribution in [1.82, 2.24) is 9.97 Å². The van der Waals surface area contributed by atoms with Crippen LogP contribution in [0.1, 0.15) is 15.2 Å². The number of aryl methyl sites for hydroxylation is 1. The van der Waals surface area contributed by atoms with Crippen molar-refractivity contribution in [3.05, 3.63) is 58.1 Å². The Balaban J connectivity index is 1.75. The zero-order valence-electron chi connectivity index (χ0n) is 14.0. The molecule has 130 valence electrons. The Labute approximate surface area is 158 Å². The third-order valence-electron chi connectivity index (χ3n) is 4.06. The van der Waals surface area contributed by atoms with Crippen LogP contribution >= 0.6 is 22.9 Å². The highest BCUT2D eigenvalue weighted by Gasteiger charge is 2.15. The second-order valence-electron chi connectivity index (χ2n) is 5.77. The van der Waals surface area contributed by atoms with E-state index in [-0.39, 0.29) is 5.91 Å². The van der Waals surface area contributed by atoms with Crippen molar-refractivity contribution >= 4 is 55.8 Å². The van der Waals surface area contributed by atoms with Gasteiger partial charge in [0.15, 0.2) is 0 Å². The smallest absolute Gasteiger partial charge is 0.266 e. The first kappa shape index (κ1) is 16.8. The van der Waals surface area contributed by atoms with Crippen LogP contribution in [0.2, 0.25) is 5.02 Å².